The molecule has 0 atom stereocenters. The molecule has 0 radical (unpaired) electrons. The number of fused-ring (bicyclic) bond motifs is 4. The van der Waals surface area contributed by atoms with E-state index in [1.54, 1.807) is 0 Å². The van der Waals surface area contributed by atoms with Crippen LogP contribution < -0.4 is 10.1 Å². The molecule has 9 aromatic rings. The van der Waals surface area contributed by atoms with E-state index in [4.69, 9.17) is 0 Å². The van der Waals surface area contributed by atoms with Crippen molar-refractivity contribution in [3.05, 3.63) is 181 Å². The Kier molecular flexibility index (Phi) is 5.89. The van der Waals surface area contributed by atoms with Crippen LogP contribution in [0.15, 0.2) is 170 Å². The quantitative estimate of drug-likeness (QED) is 0.150. The van der Waals surface area contributed by atoms with Crippen molar-refractivity contribution < 1.29 is 0 Å². The van der Waals surface area contributed by atoms with Crippen molar-refractivity contribution >= 4 is 77.0 Å². The molecule has 0 saturated heterocycles. The predicted molar refractivity (Wildman–Crippen MR) is 194 cm³/mol. The van der Waals surface area contributed by atoms with Gasteiger partial charge >= 0.3 is 0 Å². The predicted octanol–water partition coefficient (Wildman–Crippen LogP) is 11.5. The third-order valence-corrected chi connectivity index (χ3v) is 9.16. The lowest BCUT2D eigenvalue weighted by Crippen LogP contribution is -2.10. The Morgan fingerprint density at radius 1 is 0.356 bits per heavy atom. The number of anilines is 3. The summed E-state index contributed by atoms with van der Waals surface area (Å²) in [6.07, 6.45) is 2.35. The van der Waals surface area contributed by atoms with Crippen LogP contribution in [0.1, 0.15) is 5.56 Å². The average molecular weight is 572 g/mol. The van der Waals surface area contributed by atoms with Gasteiger partial charge in [0.25, 0.3) is 0 Å². The van der Waals surface area contributed by atoms with Crippen molar-refractivity contribution in [2.75, 3.05) is 4.90 Å². The van der Waals surface area contributed by atoms with E-state index in [0.717, 1.165) is 11.4 Å². The first-order valence-electron chi connectivity index (χ1n) is 15.5. The summed E-state index contributed by atoms with van der Waals surface area (Å²) < 4.78 is 0. The molecule has 0 aromatic heterocycles. The largest absolute Gasteiger partial charge is 0.310 e. The molecule has 0 aliphatic rings. The molecule has 0 unspecified atom stereocenters. The molecule has 45 heavy (non-hydrogen) atoms. The van der Waals surface area contributed by atoms with E-state index >= 15 is 0 Å². The molecule has 0 heterocycles. The first-order valence-corrected chi connectivity index (χ1v) is 15.5. The molecular formula is C44H29N. The molecule has 0 aliphatic heterocycles. The molecule has 0 fully saturated rings. The number of benzene rings is 9. The molecule has 0 bridgehead atoms. The second-order valence-corrected chi connectivity index (χ2v) is 11.8. The molecule has 1 nitrogen and oxygen atoms in total. The van der Waals surface area contributed by atoms with E-state index in [2.05, 4.69) is 181 Å². The lowest BCUT2D eigenvalue weighted by Gasteiger charge is -2.27. The van der Waals surface area contributed by atoms with Gasteiger partial charge in [0.05, 0.1) is 5.69 Å². The Balaban J connectivity index is 1.24. The van der Waals surface area contributed by atoms with Gasteiger partial charge in [0.2, 0.25) is 0 Å². The summed E-state index contributed by atoms with van der Waals surface area (Å²) in [5, 5.41) is 14.0. The molecule has 0 saturated carbocycles. The van der Waals surface area contributed by atoms with E-state index in [-0.39, 0.29) is 0 Å². The van der Waals surface area contributed by atoms with Crippen LogP contribution in [0, 0.1) is 0 Å². The fourth-order valence-corrected chi connectivity index (χ4v) is 7.08. The molecule has 1 heteroatoms. The molecule has 0 aliphatic carbocycles. The highest BCUT2D eigenvalue weighted by atomic mass is 15.1. The van der Waals surface area contributed by atoms with Gasteiger partial charge in [-0.15, -0.1) is 0 Å². The Bertz CT molecular complexity index is 2580. The van der Waals surface area contributed by atoms with Crippen molar-refractivity contribution in [2.24, 2.45) is 0 Å². The van der Waals surface area contributed by atoms with Crippen LogP contribution in [-0.2, 0) is 0 Å². The van der Waals surface area contributed by atoms with E-state index in [9.17, 15) is 0 Å². The maximum Gasteiger partial charge on any atom is 0.0540 e. The van der Waals surface area contributed by atoms with Gasteiger partial charge in [0, 0.05) is 16.8 Å². The number of hydrogen-bond donors (Lipinski definition) is 0. The highest BCUT2D eigenvalue weighted by molar-refractivity contribution is 6.21. The first kappa shape index (κ1) is 25.6. The highest BCUT2D eigenvalue weighted by Crippen LogP contribution is 2.40. The van der Waals surface area contributed by atoms with Crippen molar-refractivity contribution in [1.29, 1.82) is 0 Å². The maximum absolute atomic E-state index is 2.39. The van der Waals surface area contributed by atoms with E-state index < -0.39 is 0 Å². The minimum absolute atomic E-state index is 1.13. The topological polar surface area (TPSA) is 3.24 Å². The number of hydrogen-bond acceptors (Lipinski definition) is 1. The van der Waals surface area contributed by atoms with E-state index in [1.807, 2.05) is 0 Å². The Labute approximate surface area is 261 Å². The molecule has 9 rings (SSSR count). The minimum atomic E-state index is 1.13. The zero-order valence-electron chi connectivity index (χ0n) is 24.7. The van der Waals surface area contributed by atoms with Gasteiger partial charge in [-0.2, -0.15) is 0 Å². The van der Waals surface area contributed by atoms with Crippen molar-refractivity contribution in [3.63, 3.8) is 0 Å². The van der Waals surface area contributed by atoms with E-state index in [0.29, 0.717) is 0 Å². The summed E-state index contributed by atoms with van der Waals surface area (Å²) in [6, 6.07) is 61.7. The number of rotatable bonds is 4. The van der Waals surface area contributed by atoms with Crippen LogP contribution in [0.3, 0.4) is 0 Å². The van der Waals surface area contributed by atoms with Crippen LogP contribution in [-0.4, -0.2) is 0 Å². The van der Waals surface area contributed by atoms with Gasteiger partial charge in [0.15, 0.2) is 0 Å². The monoisotopic (exact) mass is 571 g/mol. The molecule has 0 amide bonds. The maximum atomic E-state index is 2.39. The third-order valence-electron chi connectivity index (χ3n) is 9.16. The third kappa shape index (κ3) is 4.24. The summed E-state index contributed by atoms with van der Waals surface area (Å²) in [7, 11) is 0. The van der Waals surface area contributed by atoms with Gasteiger partial charge in [-0.05, 0) is 95.7 Å². The van der Waals surface area contributed by atoms with E-state index in [1.165, 1.54) is 70.3 Å². The summed E-state index contributed by atoms with van der Waals surface area (Å²) in [5.74, 6) is 0. The van der Waals surface area contributed by atoms with Gasteiger partial charge in [-0.1, -0.05) is 140 Å². The van der Waals surface area contributed by atoms with Gasteiger partial charge in [0.1, 0.15) is 0 Å². The van der Waals surface area contributed by atoms with Crippen LogP contribution in [0.25, 0.3) is 59.9 Å². The SMILES string of the molecule is C(c1ccc(N(c2ccc3ccccc3c2)c2cccc3ccccc23)cc1)=c1c2ccccc2c2cccc3cccc1c32. The molecule has 9 aromatic carbocycles. The van der Waals surface area contributed by atoms with Crippen LogP contribution in [0.5, 0.6) is 0 Å². The zero-order chi connectivity index (χ0) is 29.7. The molecular weight excluding hydrogens is 542 g/mol. The second-order valence-electron chi connectivity index (χ2n) is 11.8. The first-order chi connectivity index (χ1) is 22.3. The standard InChI is InChI=1S/C44H29N/c1-2-12-34-29-36(27-24-31(34)10-1)45(43-21-9-13-32-11-3-4-16-37(32)43)35-25-22-30(23-26-35)28-42-39-18-6-5-17-38(39)40-19-7-14-33-15-8-20-41(42)44(33)40/h1-29H. The van der Waals surface area contributed by atoms with Crippen molar-refractivity contribution in [2.45, 2.75) is 0 Å². The van der Waals surface area contributed by atoms with Crippen LogP contribution in [0.2, 0.25) is 0 Å². The van der Waals surface area contributed by atoms with Gasteiger partial charge in [-0.3, -0.25) is 0 Å². The molecule has 0 spiro atoms. The number of nitrogens with zero attached hydrogens (tertiary/aromatic N) is 1. The zero-order valence-corrected chi connectivity index (χ0v) is 24.7. The van der Waals surface area contributed by atoms with Crippen molar-refractivity contribution in [1.82, 2.24) is 0 Å². The smallest absolute Gasteiger partial charge is 0.0540 e. The summed E-state index contributed by atoms with van der Waals surface area (Å²) in [4.78, 5) is 2.39. The Hall–Kier alpha value is -5.92. The fraction of sp³-hybridized carbons (Fsp3) is 0. The Morgan fingerprint density at radius 3 is 1.76 bits per heavy atom. The summed E-state index contributed by atoms with van der Waals surface area (Å²) >= 11 is 0. The minimum Gasteiger partial charge on any atom is -0.310 e. The normalized spacial score (nSPS) is 12.1. The molecule has 210 valence electrons. The van der Waals surface area contributed by atoms with Crippen LogP contribution >= 0.6 is 0 Å². The fourth-order valence-electron chi connectivity index (χ4n) is 7.08. The second kappa shape index (κ2) is 10.4. The van der Waals surface area contributed by atoms with Gasteiger partial charge in [-0.25, -0.2) is 0 Å². The average Bonchev–Trinajstić information content (AvgIpc) is 3.11. The summed E-state index contributed by atoms with van der Waals surface area (Å²) in [5.41, 5.74) is 4.61. The highest BCUT2D eigenvalue weighted by Gasteiger charge is 2.16. The lowest BCUT2D eigenvalue weighted by atomic mass is 9.92. The van der Waals surface area contributed by atoms with Crippen molar-refractivity contribution in [3.8, 4) is 0 Å². The van der Waals surface area contributed by atoms with Gasteiger partial charge < -0.3 is 4.90 Å². The lowest BCUT2D eigenvalue weighted by molar-refractivity contribution is 1.30. The van der Waals surface area contributed by atoms with Crippen LogP contribution in [0.4, 0.5) is 17.1 Å². The molecule has 0 N–H and O–H groups in total. The Morgan fingerprint density at radius 2 is 0.933 bits per heavy atom. The summed E-state index contributed by atoms with van der Waals surface area (Å²) in [6.45, 7) is 0.